The lowest BCUT2D eigenvalue weighted by Gasteiger charge is -2.21. The summed E-state index contributed by atoms with van der Waals surface area (Å²) in [4.78, 5) is 24.8. The summed E-state index contributed by atoms with van der Waals surface area (Å²) in [5.41, 5.74) is 3.39. The predicted molar refractivity (Wildman–Crippen MR) is 230 cm³/mol. The average molecular weight is 871 g/mol. The first kappa shape index (κ1) is 47.1. The van der Waals surface area contributed by atoms with E-state index in [2.05, 4.69) is 10.2 Å². The summed E-state index contributed by atoms with van der Waals surface area (Å²) in [6.45, 7) is 13.5. The van der Waals surface area contributed by atoms with Crippen molar-refractivity contribution in [2.75, 3.05) is 13.3 Å². The summed E-state index contributed by atoms with van der Waals surface area (Å²) in [7, 11) is -3.72. The average Bonchev–Trinajstić information content (AvgIpc) is 3.18. The van der Waals surface area contributed by atoms with Crippen molar-refractivity contribution < 1.29 is 26.5 Å². The molecule has 0 unspecified atom stereocenters. The van der Waals surface area contributed by atoms with Crippen LogP contribution in [0.15, 0.2) is 99.7 Å². The Balaban J connectivity index is 0.000000280. The second kappa shape index (κ2) is 21.1. The van der Waals surface area contributed by atoms with Crippen LogP contribution in [-0.4, -0.2) is 41.3 Å². The Kier molecular flexibility index (Phi) is 16.9. The summed E-state index contributed by atoms with van der Waals surface area (Å²) in [6.07, 6.45) is 6.40. The summed E-state index contributed by atoms with van der Waals surface area (Å²) < 4.78 is 55.8. The molecule has 2 heterocycles. The van der Waals surface area contributed by atoms with Gasteiger partial charge in [0.15, 0.2) is 21.5 Å². The topological polar surface area (TPSA) is 132 Å². The van der Waals surface area contributed by atoms with Crippen LogP contribution in [0.25, 0.3) is 0 Å². The highest BCUT2D eigenvalue weighted by molar-refractivity contribution is 7.86. The number of benzene rings is 3. The third kappa shape index (κ3) is 14.0. The van der Waals surface area contributed by atoms with E-state index in [1.54, 1.807) is 24.3 Å². The van der Waals surface area contributed by atoms with Gasteiger partial charge in [-0.05, 0) is 115 Å². The van der Waals surface area contributed by atoms with Crippen LogP contribution >= 0.6 is 23.2 Å². The maximum absolute atomic E-state index is 12.4. The van der Waals surface area contributed by atoms with Gasteiger partial charge in [-0.2, -0.15) is 18.6 Å². The lowest BCUT2D eigenvalue weighted by Crippen LogP contribution is -2.36. The highest BCUT2D eigenvalue weighted by Crippen LogP contribution is 2.24. The molecule has 0 aliphatic rings. The molecule has 0 saturated heterocycles. The molecule has 5 rings (SSSR count). The zero-order chi connectivity index (χ0) is 43.4. The fraction of sp³-hybridized carbons (Fsp3) is 0.409. The first-order chi connectivity index (χ1) is 27.8. The minimum atomic E-state index is -3.72. The van der Waals surface area contributed by atoms with Crippen LogP contribution in [0.1, 0.15) is 88.6 Å². The number of aromatic nitrogens is 4. The van der Waals surface area contributed by atoms with Gasteiger partial charge in [-0.3, -0.25) is 18.2 Å². The molecule has 0 aliphatic heterocycles. The number of ether oxygens (including phenoxy) is 2. The second-order valence-corrected chi connectivity index (χ2v) is 18.3. The molecule has 0 bridgehead atoms. The van der Waals surface area contributed by atoms with Crippen molar-refractivity contribution in [3.63, 3.8) is 0 Å². The van der Waals surface area contributed by atoms with E-state index in [1.165, 1.54) is 21.8 Å². The molecule has 0 saturated carbocycles. The fourth-order valence-electron chi connectivity index (χ4n) is 5.56. The van der Waals surface area contributed by atoms with Gasteiger partial charge in [-0.1, -0.05) is 89.4 Å². The van der Waals surface area contributed by atoms with E-state index in [-0.39, 0.29) is 64.1 Å². The van der Waals surface area contributed by atoms with E-state index in [1.807, 2.05) is 97.0 Å². The molecule has 0 fully saturated rings. The zero-order valence-electron chi connectivity index (χ0n) is 34.6. The van der Waals surface area contributed by atoms with E-state index in [0.29, 0.717) is 12.8 Å². The maximum Gasteiger partial charge on any atom is 0.296 e. The number of rotatable bonds is 16. The van der Waals surface area contributed by atoms with Crippen molar-refractivity contribution in [3.05, 3.63) is 144 Å². The molecule has 15 heteroatoms. The molecule has 0 amide bonds. The Morgan fingerprint density at radius 1 is 0.627 bits per heavy atom. The molecule has 11 nitrogen and oxygen atoms in total. The van der Waals surface area contributed by atoms with Gasteiger partial charge in [0, 0.05) is 0 Å². The molecule has 0 spiro atoms. The normalized spacial score (nSPS) is 11.8. The molecule has 0 N–H and O–H groups in total. The Morgan fingerprint density at radius 2 is 1.03 bits per heavy atom. The van der Waals surface area contributed by atoms with Crippen LogP contribution in [0.4, 0.5) is 4.39 Å². The summed E-state index contributed by atoms with van der Waals surface area (Å²) in [5.74, 6) is 0.519. The van der Waals surface area contributed by atoms with Crippen LogP contribution in [0.3, 0.4) is 0 Å². The molecule has 59 heavy (non-hydrogen) atoms. The van der Waals surface area contributed by atoms with E-state index >= 15 is 0 Å². The molecule has 3 aromatic carbocycles. The summed E-state index contributed by atoms with van der Waals surface area (Å²) >= 11 is 12.3. The lowest BCUT2D eigenvalue weighted by atomic mass is 10.1. The summed E-state index contributed by atoms with van der Waals surface area (Å²) in [5, 5.41) is 8.34. The van der Waals surface area contributed by atoms with Crippen molar-refractivity contribution in [2.45, 2.75) is 110 Å². The molecule has 0 aliphatic carbocycles. The number of unbranched alkanes of at least 4 members (excludes halogenated alkanes) is 1. The molecule has 0 atom stereocenters. The molecule has 5 aromatic rings. The van der Waals surface area contributed by atoms with Gasteiger partial charge in [0.1, 0.15) is 13.2 Å². The Hall–Kier alpha value is -4.56. The van der Waals surface area contributed by atoms with Crippen molar-refractivity contribution in [1.29, 1.82) is 0 Å². The van der Waals surface area contributed by atoms with Crippen molar-refractivity contribution in [2.24, 2.45) is 0 Å². The smallest absolute Gasteiger partial charge is 0.296 e. The van der Waals surface area contributed by atoms with E-state index < -0.39 is 21.2 Å². The van der Waals surface area contributed by atoms with E-state index in [4.69, 9.17) is 36.9 Å². The fourth-order valence-corrected chi connectivity index (χ4v) is 6.87. The van der Waals surface area contributed by atoms with Gasteiger partial charge < -0.3 is 9.47 Å². The number of hydrogen-bond acceptors (Lipinski definition) is 9. The molecular weight excluding hydrogens is 817 g/mol. The Bertz CT molecular complexity index is 2360. The standard InChI is InChI=1S/C26H31ClN2O5S.C18H22ClFN2O2/c1-19-8-14-22(15-9-19)35(31,32)34-16-6-5-7-20-10-12-21(13-11-20)18-33-23-17-28-29(26(2,3)4)25(30)24(23)27;1-18(2,3)22-17(23)16(19)15(11-21-22)24-12-14-8-6-13(7-9-14)5-4-10-20/h8-15,17H,5-7,16,18H2,1-4H3;6-9,11H,4-5,10,12H2,1-3H3/i;20-1. The van der Waals surface area contributed by atoms with Gasteiger partial charge >= 0.3 is 0 Å². The van der Waals surface area contributed by atoms with Crippen LogP contribution in [0.5, 0.6) is 11.5 Å². The van der Waals surface area contributed by atoms with Gasteiger partial charge in [-0.15, -0.1) is 0 Å². The first-order valence-electron chi connectivity index (χ1n) is 19.3. The van der Waals surface area contributed by atoms with Crippen LogP contribution in [-0.2, 0) is 51.4 Å². The number of hydrogen-bond donors (Lipinski definition) is 0. The highest BCUT2D eigenvalue weighted by atomic mass is 35.5. The Labute approximate surface area is 356 Å². The lowest BCUT2D eigenvalue weighted by molar-refractivity contribution is 0.292. The van der Waals surface area contributed by atoms with Gasteiger partial charge in [0.05, 0.1) is 41.6 Å². The molecular formula is C44H53Cl2FN4O7S. The minimum Gasteiger partial charge on any atom is -0.485 e. The third-order valence-corrected chi connectivity index (χ3v) is 10.9. The number of nitrogens with zero attached hydrogens (tertiary/aromatic N) is 4. The number of alkyl halides is 1. The van der Waals surface area contributed by atoms with Crippen molar-refractivity contribution in [1.82, 2.24) is 19.6 Å². The molecule has 0 radical (unpaired) electrons. The highest BCUT2D eigenvalue weighted by Gasteiger charge is 2.21. The monoisotopic (exact) mass is 869 g/mol. The predicted octanol–water partition coefficient (Wildman–Crippen LogP) is 9.40. The van der Waals surface area contributed by atoms with Crippen molar-refractivity contribution in [3.8, 4) is 11.5 Å². The van der Waals surface area contributed by atoms with Crippen LogP contribution in [0.2, 0.25) is 10.0 Å². The second-order valence-electron chi connectivity index (χ2n) is 16.0. The minimum absolute atomic E-state index is 0.0122. The first-order valence-corrected chi connectivity index (χ1v) is 21.5. The van der Waals surface area contributed by atoms with Gasteiger partial charge in [-0.25, -0.2) is 9.36 Å². The largest absolute Gasteiger partial charge is 0.485 e. The van der Waals surface area contributed by atoms with Gasteiger partial charge in [0.2, 0.25) is 0 Å². The Morgan fingerprint density at radius 3 is 1.44 bits per heavy atom. The van der Waals surface area contributed by atoms with Crippen LogP contribution in [0, 0.1) is 6.92 Å². The number of aryl methyl sites for hydroxylation is 3. The third-order valence-electron chi connectivity index (χ3n) is 8.89. The van der Waals surface area contributed by atoms with Gasteiger partial charge in [0.25, 0.3) is 21.2 Å². The molecule has 318 valence electrons. The van der Waals surface area contributed by atoms with Crippen LogP contribution < -0.4 is 20.6 Å². The van der Waals surface area contributed by atoms with Crippen molar-refractivity contribution >= 4 is 33.3 Å². The molecule has 2 aromatic heterocycles. The number of halogens is 3. The SMILES string of the molecule is CC(C)(C)n1ncc(OCc2ccc(CCC[18F])cc2)c(Cl)c1=O.Cc1ccc(S(=O)(=O)OCCCCc2ccc(COc3cnn(C(C)(C)C)c(=O)c3Cl)cc2)cc1. The van der Waals surface area contributed by atoms with E-state index in [0.717, 1.165) is 47.1 Å². The maximum atomic E-state index is 12.4. The zero-order valence-corrected chi connectivity index (χ0v) is 37.0. The van der Waals surface area contributed by atoms with E-state index in [9.17, 15) is 22.4 Å². The quantitative estimate of drug-likeness (QED) is 0.0703. The summed E-state index contributed by atoms with van der Waals surface area (Å²) in [6, 6.07) is 22.3.